The zero-order valence-corrected chi connectivity index (χ0v) is 17.6. The van der Waals surface area contributed by atoms with Gasteiger partial charge in [-0.05, 0) is 54.8 Å². The highest BCUT2D eigenvalue weighted by molar-refractivity contribution is 9.10. The number of rotatable bonds is 4. The first kappa shape index (κ1) is 19.7. The van der Waals surface area contributed by atoms with Crippen LogP contribution in [0.4, 0.5) is 0 Å². The number of halogens is 1. The summed E-state index contributed by atoms with van der Waals surface area (Å²) < 4.78 is 12.1. The quantitative estimate of drug-likeness (QED) is 0.507. The highest BCUT2D eigenvalue weighted by Gasteiger charge is 2.28. The predicted molar refractivity (Wildman–Crippen MR) is 114 cm³/mol. The lowest BCUT2D eigenvalue weighted by Gasteiger charge is -2.30. The monoisotopic (exact) mass is 455 g/mol. The average Bonchev–Trinajstić information content (AvgIpc) is 2.78. The van der Waals surface area contributed by atoms with Crippen LogP contribution in [0.1, 0.15) is 28.8 Å². The maximum atomic E-state index is 12.9. The molecule has 0 atom stereocenters. The average molecular weight is 456 g/mol. The summed E-state index contributed by atoms with van der Waals surface area (Å²) in [6.45, 7) is 2.21. The molecule has 5 nitrogen and oxygen atoms in total. The fourth-order valence-corrected chi connectivity index (χ4v) is 3.91. The number of amides is 1. The molecule has 2 aromatic carbocycles. The molecule has 2 aromatic rings. The Morgan fingerprint density at radius 1 is 0.966 bits per heavy atom. The molecule has 0 spiro atoms. The van der Waals surface area contributed by atoms with Crippen LogP contribution in [0.2, 0.25) is 0 Å². The summed E-state index contributed by atoms with van der Waals surface area (Å²) in [5, 5.41) is 0. The summed E-state index contributed by atoms with van der Waals surface area (Å²) >= 11 is 3.40. The van der Waals surface area contributed by atoms with E-state index >= 15 is 0 Å². The Labute approximate surface area is 178 Å². The van der Waals surface area contributed by atoms with Gasteiger partial charge in [-0.2, -0.15) is 0 Å². The van der Waals surface area contributed by atoms with Crippen LogP contribution in [0.25, 0.3) is 6.08 Å². The summed E-state index contributed by atoms with van der Waals surface area (Å²) in [6.07, 6.45) is 4.77. The number of carbonyl (C=O) groups is 2. The molecule has 0 aromatic heterocycles. The number of benzene rings is 2. The van der Waals surface area contributed by atoms with Crippen LogP contribution in [0.3, 0.4) is 0 Å². The van der Waals surface area contributed by atoms with Crippen molar-refractivity contribution in [2.75, 3.05) is 26.3 Å². The van der Waals surface area contributed by atoms with Gasteiger partial charge in [-0.3, -0.25) is 9.59 Å². The van der Waals surface area contributed by atoms with Gasteiger partial charge in [-0.1, -0.05) is 28.1 Å². The van der Waals surface area contributed by atoms with Gasteiger partial charge in [-0.15, -0.1) is 0 Å². The third-order valence-electron chi connectivity index (χ3n) is 5.29. The number of hydrogen-bond acceptors (Lipinski definition) is 4. The lowest BCUT2D eigenvalue weighted by molar-refractivity contribution is -0.127. The molecule has 1 amide bonds. The lowest BCUT2D eigenvalue weighted by Crippen LogP contribution is -2.39. The second kappa shape index (κ2) is 8.82. The third-order valence-corrected chi connectivity index (χ3v) is 5.82. The Morgan fingerprint density at radius 3 is 2.38 bits per heavy atom. The molecule has 0 bridgehead atoms. The van der Waals surface area contributed by atoms with E-state index < -0.39 is 0 Å². The highest BCUT2D eigenvalue weighted by Crippen LogP contribution is 2.32. The summed E-state index contributed by atoms with van der Waals surface area (Å²) in [7, 11) is 0. The van der Waals surface area contributed by atoms with Gasteiger partial charge in [-0.25, -0.2) is 0 Å². The molecule has 0 aliphatic carbocycles. The van der Waals surface area contributed by atoms with Crippen molar-refractivity contribution in [3.8, 4) is 11.5 Å². The zero-order valence-electron chi connectivity index (χ0n) is 16.0. The van der Waals surface area contributed by atoms with Gasteiger partial charge in [0.05, 0.1) is 0 Å². The summed E-state index contributed by atoms with van der Waals surface area (Å²) in [5.41, 5.74) is 1.62. The van der Waals surface area contributed by atoms with Crippen molar-refractivity contribution in [1.29, 1.82) is 0 Å². The summed E-state index contributed by atoms with van der Waals surface area (Å²) in [5.74, 6) is 1.34. The molecule has 4 rings (SSSR count). The molecule has 2 aliphatic rings. The molecule has 0 saturated carbocycles. The van der Waals surface area contributed by atoms with Crippen LogP contribution < -0.4 is 9.47 Å². The smallest absolute Gasteiger partial charge is 0.246 e. The highest BCUT2D eigenvalue weighted by atomic mass is 79.9. The number of nitrogens with zero attached hydrogens (tertiary/aromatic N) is 1. The molecule has 0 N–H and O–H groups in total. The van der Waals surface area contributed by atoms with Crippen LogP contribution in [-0.2, 0) is 4.79 Å². The Morgan fingerprint density at radius 2 is 1.66 bits per heavy atom. The number of ketones is 1. The molecule has 2 heterocycles. The van der Waals surface area contributed by atoms with Crippen LogP contribution in [0, 0.1) is 5.92 Å². The maximum Gasteiger partial charge on any atom is 0.246 e. The molecule has 1 fully saturated rings. The number of likely N-dealkylation sites (tertiary alicyclic amines) is 1. The second-order valence-corrected chi connectivity index (χ2v) is 8.12. The van der Waals surface area contributed by atoms with Crippen LogP contribution in [0.15, 0.2) is 53.0 Å². The van der Waals surface area contributed by atoms with Crippen molar-refractivity contribution in [1.82, 2.24) is 4.90 Å². The van der Waals surface area contributed by atoms with Gasteiger partial charge in [0, 0.05) is 35.1 Å². The molecular formula is C23H22BrNO4. The first-order valence-corrected chi connectivity index (χ1v) is 10.6. The third kappa shape index (κ3) is 4.70. The molecule has 150 valence electrons. The van der Waals surface area contributed by atoms with Crippen molar-refractivity contribution >= 4 is 33.7 Å². The first-order chi connectivity index (χ1) is 14.1. The van der Waals surface area contributed by atoms with Gasteiger partial charge in [0.15, 0.2) is 17.3 Å². The fraction of sp³-hybridized carbons (Fsp3) is 0.304. The van der Waals surface area contributed by atoms with Crippen LogP contribution in [0.5, 0.6) is 11.5 Å². The summed E-state index contributed by atoms with van der Waals surface area (Å²) in [6, 6.07) is 13.2. The van der Waals surface area contributed by atoms with Crippen molar-refractivity contribution < 1.29 is 19.1 Å². The van der Waals surface area contributed by atoms with Crippen molar-refractivity contribution in [2.45, 2.75) is 12.8 Å². The number of ether oxygens (including phenoxy) is 2. The SMILES string of the molecule is O=C(c1ccc2c(c1)OCCO2)C1CCN(C(=O)/C=C/c2ccc(Br)cc2)CC1. The van der Waals surface area contributed by atoms with Gasteiger partial charge < -0.3 is 14.4 Å². The zero-order chi connectivity index (χ0) is 20.2. The summed E-state index contributed by atoms with van der Waals surface area (Å²) in [4.78, 5) is 27.2. The number of fused-ring (bicyclic) bond motifs is 1. The number of piperidine rings is 1. The minimum atomic E-state index is -0.0722. The normalized spacial score (nSPS) is 16.8. The Hall–Kier alpha value is -2.60. The van der Waals surface area contributed by atoms with Crippen LogP contribution >= 0.6 is 15.9 Å². The first-order valence-electron chi connectivity index (χ1n) is 9.76. The van der Waals surface area contributed by atoms with Crippen LogP contribution in [-0.4, -0.2) is 42.9 Å². The van der Waals surface area contributed by atoms with E-state index in [0.717, 1.165) is 10.0 Å². The van der Waals surface area contributed by atoms with E-state index in [1.54, 1.807) is 24.3 Å². The minimum absolute atomic E-state index is 0.0156. The van der Waals surface area contributed by atoms with Gasteiger partial charge in [0.1, 0.15) is 13.2 Å². The van der Waals surface area contributed by atoms with E-state index in [1.807, 2.05) is 35.2 Å². The van der Waals surface area contributed by atoms with Crippen molar-refractivity contribution in [3.63, 3.8) is 0 Å². The topological polar surface area (TPSA) is 55.8 Å². The number of hydrogen-bond donors (Lipinski definition) is 0. The molecule has 29 heavy (non-hydrogen) atoms. The standard InChI is InChI=1S/C23H22BrNO4/c24-19-5-1-16(2-6-19)3-8-22(26)25-11-9-17(10-12-25)23(27)18-4-7-20-21(15-18)29-14-13-28-20/h1-8,15,17H,9-14H2/b8-3+. The van der Waals surface area contributed by atoms with Gasteiger partial charge >= 0.3 is 0 Å². The predicted octanol–water partition coefficient (Wildman–Crippen LogP) is 4.36. The van der Waals surface area contributed by atoms with Crippen molar-refractivity contribution in [2.24, 2.45) is 5.92 Å². The Kier molecular flexibility index (Phi) is 6.00. The van der Waals surface area contributed by atoms with Gasteiger partial charge in [0.2, 0.25) is 5.91 Å². The molecule has 0 unspecified atom stereocenters. The van der Waals surface area contributed by atoms with E-state index in [9.17, 15) is 9.59 Å². The second-order valence-electron chi connectivity index (χ2n) is 7.21. The Bertz CT molecular complexity index is 930. The molecular weight excluding hydrogens is 434 g/mol. The van der Waals surface area contributed by atoms with E-state index in [2.05, 4.69) is 15.9 Å². The fourth-order valence-electron chi connectivity index (χ4n) is 3.64. The van der Waals surface area contributed by atoms with Crippen molar-refractivity contribution in [3.05, 3.63) is 64.1 Å². The Balaban J connectivity index is 1.33. The largest absolute Gasteiger partial charge is 0.486 e. The molecule has 1 saturated heterocycles. The van der Waals surface area contributed by atoms with E-state index in [-0.39, 0.29) is 17.6 Å². The minimum Gasteiger partial charge on any atom is -0.486 e. The molecule has 0 radical (unpaired) electrons. The number of carbonyl (C=O) groups excluding carboxylic acids is 2. The van der Waals surface area contributed by atoms with E-state index in [1.165, 1.54) is 0 Å². The number of Topliss-reactive ketones (excluding diaryl/α,β-unsaturated/α-hetero) is 1. The molecule has 6 heteroatoms. The lowest BCUT2D eigenvalue weighted by atomic mass is 9.88. The van der Waals surface area contributed by atoms with Gasteiger partial charge in [0.25, 0.3) is 0 Å². The maximum absolute atomic E-state index is 12.9. The van der Waals surface area contributed by atoms with E-state index in [4.69, 9.17) is 9.47 Å². The van der Waals surface area contributed by atoms with E-state index in [0.29, 0.717) is 56.2 Å². The molecule has 2 aliphatic heterocycles.